The molecule has 0 saturated heterocycles. The van der Waals surface area contributed by atoms with Crippen molar-refractivity contribution in [3.8, 4) is 22.5 Å². The molecule has 0 amide bonds. The molecule has 6 rings (SSSR count). The van der Waals surface area contributed by atoms with Crippen molar-refractivity contribution in [1.82, 2.24) is 35.1 Å². The van der Waals surface area contributed by atoms with E-state index in [1.807, 2.05) is 36.7 Å². The van der Waals surface area contributed by atoms with Crippen molar-refractivity contribution in [3.05, 3.63) is 75.7 Å². The van der Waals surface area contributed by atoms with Crippen molar-refractivity contribution in [2.75, 3.05) is 13.1 Å². The fraction of sp³-hybridized carbons (Fsp3) is 0.528. The van der Waals surface area contributed by atoms with Gasteiger partial charge in [-0.1, -0.05) is 81.1 Å². The average molecular weight is 626 g/mol. The first-order valence-electron chi connectivity index (χ1n) is 17.2. The number of aromatic amines is 1. The number of H-pyrrole nitrogens is 1. The van der Waals surface area contributed by atoms with E-state index >= 15 is 0 Å². The molecule has 1 fully saturated rings. The van der Waals surface area contributed by atoms with Gasteiger partial charge < -0.3 is 4.84 Å². The summed E-state index contributed by atoms with van der Waals surface area (Å²) in [6, 6.07) is 16.3. The van der Waals surface area contributed by atoms with Gasteiger partial charge in [-0.3, -0.25) is 9.48 Å². The average Bonchev–Trinajstić information content (AvgIpc) is 3.74. The lowest BCUT2D eigenvalue weighted by atomic mass is 9.67. The predicted octanol–water partition coefficient (Wildman–Crippen LogP) is 6.52. The summed E-state index contributed by atoms with van der Waals surface area (Å²) in [5.41, 5.74) is 5.44. The number of nitrogens with zero attached hydrogens (tertiary/aromatic N) is 6. The van der Waals surface area contributed by atoms with Gasteiger partial charge in [0.2, 0.25) is 5.82 Å². The van der Waals surface area contributed by atoms with E-state index in [1.54, 1.807) is 5.06 Å². The summed E-state index contributed by atoms with van der Waals surface area (Å²) in [5, 5.41) is 16.4. The summed E-state index contributed by atoms with van der Waals surface area (Å²) in [7, 11) is 0. The monoisotopic (exact) mass is 625 g/mol. The molecule has 244 valence electrons. The Labute approximate surface area is 271 Å². The van der Waals surface area contributed by atoms with E-state index in [0.717, 1.165) is 104 Å². The zero-order valence-electron chi connectivity index (χ0n) is 27.5. The smallest absolute Gasteiger partial charge is 0.333 e. The highest BCUT2D eigenvalue weighted by Gasteiger charge is 2.51. The standard InChI is InChI=1S/C36H47N7O3/c1-4-7-16-31-30(25-26-18-20-27(21-19-26)28-14-9-10-15-29(28)33-37-39-40-38-33)34(44)43-32(17-13-24-42(31)43)36(22-11-8-12-23-36)35(45)46-41(5-2)6-3/h9-10,14-15,18-21,32H,4-8,11-13,16-17,22-25H2,1-3H3,(H,37,38,39,40). The number of hydrogen-bond acceptors (Lipinski definition) is 7. The van der Waals surface area contributed by atoms with Crippen LogP contribution < -0.4 is 5.56 Å². The lowest BCUT2D eigenvalue weighted by Crippen LogP contribution is -2.50. The number of benzene rings is 2. The Kier molecular flexibility index (Phi) is 9.82. The van der Waals surface area contributed by atoms with Crippen LogP contribution in [0.15, 0.2) is 53.3 Å². The number of rotatable bonds is 12. The van der Waals surface area contributed by atoms with E-state index < -0.39 is 5.41 Å². The SMILES string of the molecule is CCCCc1c(Cc2ccc(-c3ccccc3-c3nn[nH]n3)cc2)c(=O)n2n1CCCC2C1(C(=O)ON(CC)CC)CCCCC1. The largest absolute Gasteiger partial charge is 0.367 e. The molecule has 2 aromatic heterocycles. The van der Waals surface area contributed by atoms with E-state index in [1.165, 1.54) is 0 Å². The first kappa shape index (κ1) is 31.9. The number of fused-ring (bicyclic) bond motifs is 1. The number of carbonyl (C=O) groups is 1. The van der Waals surface area contributed by atoms with E-state index in [2.05, 4.69) is 62.6 Å². The van der Waals surface area contributed by atoms with Gasteiger partial charge in [0.1, 0.15) is 0 Å². The topological polar surface area (TPSA) is 111 Å². The minimum absolute atomic E-state index is 0.0583. The molecule has 1 atom stereocenters. The lowest BCUT2D eigenvalue weighted by molar-refractivity contribution is -0.208. The predicted molar refractivity (Wildman–Crippen MR) is 178 cm³/mol. The third kappa shape index (κ3) is 6.07. The molecule has 1 N–H and O–H groups in total. The molecule has 0 radical (unpaired) electrons. The molecule has 0 bridgehead atoms. The van der Waals surface area contributed by atoms with Gasteiger partial charge in [-0.2, -0.15) is 5.21 Å². The second-order valence-electron chi connectivity index (χ2n) is 12.8. The molecule has 1 aliphatic carbocycles. The van der Waals surface area contributed by atoms with Crippen LogP contribution in [-0.4, -0.2) is 54.1 Å². The molecular weight excluding hydrogens is 578 g/mol. The van der Waals surface area contributed by atoms with E-state index in [4.69, 9.17) is 4.84 Å². The van der Waals surface area contributed by atoms with Crippen LogP contribution in [0, 0.1) is 5.41 Å². The fourth-order valence-corrected chi connectivity index (χ4v) is 7.71. The summed E-state index contributed by atoms with van der Waals surface area (Å²) in [5.74, 6) is 0.398. The number of hydroxylamine groups is 2. The highest BCUT2D eigenvalue weighted by atomic mass is 16.7. The van der Waals surface area contributed by atoms with E-state index in [-0.39, 0.29) is 17.6 Å². The molecular formula is C36H47N7O3. The van der Waals surface area contributed by atoms with Crippen LogP contribution in [0.3, 0.4) is 0 Å². The Morgan fingerprint density at radius 2 is 1.74 bits per heavy atom. The Morgan fingerprint density at radius 1 is 1.00 bits per heavy atom. The number of unbranched alkanes of at least 4 members (excludes halogenated alkanes) is 1. The van der Waals surface area contributed by atoms with Crippen molar-refractivity contribution < 1.29 is 9.63 Å². The maximum absolute atomic E-state index is 14.6. The number of hydrogen-bond donors (Lipinski definition) is 1. The highest BCUT2D eigenvalue weighted by Crippen LogP contribution is 2.49. The molecule has 1 unspecified atom stereocenters. The lowest BCUT2D eigenvalue weighted by Gasteiger charge is -2.44. The minimum atomic E-state index is -0.686. The fourth-order valence-electron chi connectivity index (χ4n) is 7.71. The zero-order valence-corrected chi connectivity index (χ0v) is 27.5. The molecule has 10 heteroatoms. The van der Waals surface area contributed by atoms with Crippen LogP contribution in [0.5, 0.6) is 0 Å². The number of aromatic nitrogens is 6. The molecule has 0 spiro atoms. The van der Waals surface area contributed by atoms with Gasteiger partial charge in [0, 0.05) is 42.9 Å². The molecule has 1 saturated carbocycles. The molecule has 2 aliphatic rings. The summed E-state index contributed by atoms with van der Waals surface area (Å²) >= 11 is 0. The highest BCUT2D eigenvalue weighted by molar-refractivity contribution is 5.80. The van der Waals surface area contributed by atoms with Gasteiger partial charge in [0.05, 0.1) is 11.5 Å². The van der Waals surface area contributed by atoms with Crippen molar-refractivity contribution in [3.63, 3.8) is 0 Å². The Balaban J connectivity index is 1.36. The third-order valence-corrected chi connectivity index (χ3v) is 10.2. The van der Waals surface area contributed by atoms with Gasteiger partial charge in [-0.05, 0) is 74.3 Å². The van der Waals surface area contributed by atoms with Crippen LogP contribution in [0.25, 0.3) is 22.5 Å². The van der Waals surface area contributed by atoms with Gasteiger partial charge >= 0.3 is 5.97 Å². The second kappa shape index (κ2) is 14.2. The quantitative estimate of drug-likeness (QED) is 0.179. The first-order valence-corrected chi connectivity index (χ1v) is 17.2. The van der Waals surface area contributed by atoms with Crippen LogP contribution in [-0.2, 0) is 29.0 Å². The Morgan fingerprint density at radius 3 is 2.41 bits per heavy atom. The van der Waals surface area contributed by atoms with Gasteiger partial charge in [0.15, 0.2) is 0 Å². The maximum atomic E-state index is 14.6. The zero-order chi connectivity index (χ0) is 32.1. The number of tetrazole rings is 1. The summed E-state index contributed by atoms with van der Waals surface area (Å²) in [4.78, 5) is 34.7. The number of carbonyl (C=O) groups excluding carboxylic acids is 1. The Bertz CT molecular complexity index is 1660. The molecule has 46 heavy (non-hydrogen) atoms. The normalized spacial score (nSPS) is 17.6. The third-order valence-electron chi connectivity index (χ3n) is 10.2. The Hall–Kier alpha value is -4.05. The minimum Gasteiger partial charge on any atom is -0.367 e. The molecule has 3 heterocycles. The van der Waals surface area contributed by atoms with E-state index in [9.17, 15) is 9.59 Å². The molecule has 4 aromatic rings. The van der Waals surface area contributed by atoms with E-state index in [0.29, 0.717) is 25.3 Å². The van der Waals surface area contributed by atoms with Crippen LogP contribution >= 0.6 is 0 Å². The summed E-state index contributed by atoms with van der Waals surface area (Å²) in [6.07, 6.45) is 9.86. The van der Waals surface area contributed by atoms with Crippen LogP contribution in [0.4, 0.5) is 0 Å². The van der Waals surface area contributed by atoms with Crippen molar-refractivity contribution in [2.24, 2.45) is 5.41 Å². The van der Waals surface area contributed by atoms with Crippen LogP contribution in [0.2, 0.25) is 0 Å². The second-order valence-corrected chi connectivity index (χ2v) is 12.8. The van der Waals surface area contributed by atoms with Crippen molar-refractivity contribution in [2.45, 2.75) is 104 Å². The van der Waals surface area contributed by atoms with Crippen molar-refractivity contribution >= 4 is 5.97 Å². The molecule has 1 aliphatic heterocycles. The van der Waals surface area contributed by atoms with Gasteiger partial charge in [-0.25, -0.2) is 9.48 Å². The summed E-state index contributed by atoms with van der Waals surface area (Å²) < 4.78 is 4.24. The number of nitrogens with one attached hydrogen (secondary N) is 1. The van der Waals surface area contributed by atoms with Crippen LogP contribution in [0.1, 0.15) is 101 Å². The van der Waals surface area contributed by atoms with Gasteiger partial charge in [-0.15, -0.1) is 15.3 Å². The van der Waals surface area contributed by atoms with Crippen molar-refractivity contribution in [1.29, 1.82) is 0 Å². The molecule has 2 aromatic carbocycles. The maximum Gasteiger partial charge on any atom is 0.333 e. The molecule has 10 nitrogen and oxygen atoms in total. The summed E-state index contributed by atoms with van der Waals surface area (Å²) in [6.45, 7) is 8.30. The van der Waals surface area contributed by atoms with Gasteiger partial charge in [0.25, 0.3) is 5.56 Å². The first-order chi connectivity index (χ1) is 22.5.